The van der Waals surface area contributed by atoms with E-state index in [1.54, 1.807) is 19.2 Å². The number of likely N-dealkylation sites (N-methyl/N-ethyl adjacent to an activating group) is 1. The Morgan fingerprint density at radius 2 is 2.00 bits per heavy atom. The number of nitrogens with one attached hydrogen (secondary N) is 1. The van der Waals surface area contributed by atoms with Crippen LogP contribution in [0.2, 0.25) is 0 Å². The molecular formula is C18H21F3N2O3. The van der Waals surface area contributed by atoms with Crippen LogP contribution in [0.4, 0.5) is 13.2 Å². The zero-order valence-electron chi connectivity index (χ0n) is 14.4. The van der Waals surface area contributed by atoms with Gasteiger partial charge in [-0.25, -0.2) is 0 Å². The zero-order chi connectivity index (χ0) is 18.9. The molecule has 1 heterocycles. The number of nitrogens with zero attached hydrogens (tertiary/aromatic N) is 1. The minimum Gasteiger partial charge on any atom is -0.405 e. The van der Waals surface area contributed by atoms with Gasteiger partial charge in [0, 0.05) is 19.5 Å². The number of hydrogen-bond donors (Lipinski definition) is 1. The van der Waals surface area contributed by atoms with Gasteiger partial charge in [-0.2, -0.15) is 0 Å². The quantitative estimate of drug-likeness (QED) is 0.887. The van der Waals surface area contributed by atoms with Gasteiger partial charge in [0.15, 0.2) is 0 Å². The summed E-state index contributed by atoms with van der Waals surface area (Å²) in [6, 6.07) is 5.38. The van der Waals surface area contributed by atoms with Gasteiger partial charge in [-0.1, -0.05) is 18.2 Å². The number of carbonyl (C=O) groups excluding carboxylic acids is 2. The van der Waals surface area contributed by atoms with Crippen LogP contribution in [0, 0.1) is 5.92 Å². The fourth-order valence-electron chi connectivity index (χ4n) is 3.52. The SMILES string of the molecule is CN(C(=O)C1CC1c1ccccc1OC(F)(F)F)C1CCCCNC1=O. The van der Waals surface area contributed by atoms with Crippen molar-refractivity contribution in [3.05, 3.63) is 29.8 Å². The Hall–Kier alpha value is -2.25. The number of rotatable bonds is 4. The minimum absolute atomic E-state index is 0.170. The third-order valence-corrected chi connectivity index (χ3v) is 4.97. The standard InChI is InChI=1S/C18H21F3N2O3/c1-23(14-7-4-5-9-22-16(14)24)17(25)13-10-12(13)11-6-2-3-8-15(11)26-18(19,20)21/h2-3,6,8,12-14H,4-5,7,9-10H2,1H3,(H,22,24). The maximum atomic E-state index is 12.7. The van der Waals surface area contributed by atoms with Crippen molar-refractivity contribution in [1.29, 1.82) is 0 Å². The number of halogens is 3. The Morgan fingerprint density at radius 3 is 2.73 bits per heavy atom. The first kappa shape index (κ1) is 18.5. The largest absolute Gasteiger partial charge is 0.573 e. The number of alkyl halides is 3. The van der Waals surface area contributed by atoms with Gasteiger partial charge in [0.2, 0.25) is 11.8 Å². The van der Waals surface area contributed by atoms with Crippen LogP contribution in [0.5, 0.6) is 5.75 Å². The molecule has 1 aliphatic heterocycles. The van der Waals surface area contributed by atoms with Crippen molar-refractivity contribution in [2.75, 3.05) is 13.6 Å². The topological polar surface area (TPSA) is 58.6 Å². The fourth-order valence-corrected chi connectivity index (χ4v) is 3.52. The Kier molecular flexibility index (Phi) is 5.11. The van der Waals surface area contributed by atoms with Crippen molar-refractivity contribution < 1.29 is 27.5 Å². The lowest BCUT2D eigenvalue weighted by molar-refractivity contribution is -0.274. The molecule has 1 aromatic carbocycles. The van der Waals surface area contributed by atoms with Crippen LogP contribution in [-0.2, 0) is 9.59 Å². The molecule has 3 rings (SSSR count). The maximum absolute atomic E-state index is 12.7. The van der Waals surface area contributed by atoms with E-state index in [4.69, 9.17) is 0 Å². The van der Waals surface area contributed by atoms with Crippen LogP contribution in [0.1, 0.15) is 37.2 Å². The van der Waals surface area contributed by atoms with Crippen LogP contribution in [0.25, 0.3) is 0 Å². The van der Waals surface area contributed by atoms with E-state index in [9.17, 15) is 22.8 Å². The molecule has 5 nitrogen and oxygen atoms in total. The molecule has 1 saturated heterocycles. The number of hydrogen-bond acceptors (Lipinski definition) is 3. The van der Waals surface area contributed by atoms with Gasteiger partial charge >= 0.3 is 6.36 Å². The summed E-state index contributed by atoms with van der Waals surface area (Å²) in [7, 11) is 1.59. The summed E-state index contributed by atoms with van der Waals surface area (Å²) in [5.41, 5.74) is 0.377. The summed E-state index contributed by atoms with van der Waals surface area (Å²) in [5.74, 6) is -1.39. The van der Waals surface area contributed by atoms with Gasteiger partial charge in [-0.3, -0.25) is 9.59 Å². The molecule has 0 bridgehead atoms. The monoisotopic (exact) mass is 370 g/mol. The average Bonchev–Trinajstić information content (AvgIpc) is 3.37. The lowest BCUT2D eigenvalue weighted by Gasteiger charge is -2.26. The van der Waals surface area contributed by atoms with E-state index in [0.717, 1.165) is 12.8 Å². The van der Waals surface area contributed by atoms with Crippen molar-refractivity contribution in [2.45, 2.75) is 44.0 Å². The first-order valence-electron chi connectivity index (χ1n) is 8.67. The van der Waals surface area contributed by atoms with E-state index in [-0.39, 0.29) is 23.5 Å². The van der Waals surface area contributed by atoms with Crippen molar-refractivity contribution >= 4 is 11.8 Å². The molecule has 1 N–H and O–H groups in total. The molecule has 1 aliphatic carbocycles. The first-order valence-corrected chi connectivity index (χ1v) is 8.67. The highest BCUT2D eigenvalue weighted by atomic mass is 19.4. The molecule has 1 aromatic rings. The van der Waals surface area contributed by atoms with E-state index in [1.807, 2.05) is 0 Å². The van der Waals surface area contributed by atoms with E-state index in [0.29, 0.717) is 24.9 Å². The second-order valence-electron chi connectivity index (χ2n) is 6.79. The summed E-state index contributed by atoms with van der Waals surface area (Å²) < 4.78 is 41.8. The molecule has 26 heavy (non-hydrogen) atoms. The van der Waals surface area contributed by atoms with Crippen LogP contribution in [0.3, 0.4) is 0 Å². The Bertz CT molecular complexity index is 693. The van der Waals surface area contributed by atoms with Gasteiger partial charge in [-0.15, -0.1) is 13.2 Å². The molecule has 3 atom stereocenters. The molecule has 1 saturated carbocycles. The molecule has 0 radical (unpaired) electrons. The van der Waals surface area contributed by atoms with Gasteiger partial charge < -0.3 is 15.0 Å². The van der Waals surface area contributed by atoms with Crippen LogP contribution >= 0.6 is 0 Å². The van der Waals surface area contributed by atoms with Crippen molar-refractivity contribution in [3.8, 4) is 5.75 Å². The molecular weight excluding hydrogens is 349 g/mol. The highest BCUT2D eigenvalue weighted by molar-refractivity contribution is 5.90. The molecule has 0 spiro atoms. The summed E-state index contributed by atoms with van der Waals surface area (Å²) in [4.78, 5) is 26.3. The fraction of sp³-hybridized carbons (Fsp3) is 0.556. The predicted octanol–water partition coefficient (Wildman–Crippen LogP) is 2.82. The van der Waals surface area contributed by atoms with E-state index in [1.165, 1.54) is 17.0 Å². The van der Waals surface area contributed by atoms with Gasteiger partial charge in [-0.05, 0) is 43.2 Å². The number of amides is 2. The molecule has 2 fully saturated rings. The summed E-state index contributed by atoms with van der Waals surface area (Å²) in [6.07, 6.45) is -2.01. The lowest BCUT2D eigenvalue weighted by atomic mass is 10.1. The van der Waals surface area contributed by atoms with Crippen molar-refractivity contribution in [1.82, 2.24) is 10.2 Å². The number of para-hydroxylation sites is 1. The molecule has 2 aliphatic rings. The van der Waals surface area contributed by atoms with Gasteiger partial charge in [0.1, 0.15) is 11.8 Å². The first-order chi connectivity index (χ1) is 12.3. The normalized spacial score (nSPS) is 25.8. The Balaban J connectivity index is 1.70. The third kappa shape index (κ3) is 4.11. The van der Waals surface area contributed by atoms with E-state index < -0.39 is 18.3 Å². The van der Waals surface area contributed by atoms with Crippen LogP contribution < -0.4 is 10.1 Å². The smallest absolute Gasteiger partial charge is 0.405 e. The third-order valence-electron chi connectivity index (χ3n) is 4.97. The predicted molar refractivity (Wildman–Crippen MR) is 87.4 cm³/mol. The highest BCUT2D eigenvalue weighted by Crippen LogP contribution is 2.51. The minimum atomic E-state index is -4.78. The summed E-state index contributed by atoms with van der Waals surface area (Å²) in [5, 5.41) is 2.79. The number of ether oxygens (including phenoxy) is 1. The Morgan fingerprint density at radius 1 is 1.27 bits per heavy atom. The van der Waals surface area contributed by atoms with E-state index in [2.05, 4.69) is 10.1 Å². The van der Waals surface area contributed by atoms with E-state index >= 15 is 0 Å². The van der Waals surface area contributed by atoms with Crippen LogP contribution in [0.15, 0.2) is 24.3 Å². The number of benzene rings is 1. The summed E-state index contributed by atoms with van der Waals surface area (Å²) >= 11 is 0. The van der Waals surface area contributed by atoms with Crippen LogP contribution in [-0.4, -0.2) is 42.7 Å². The molecule has 8 heteroatoms. The molecule has 142 valence electrons. The van der Waals surface area contributed by atoms with Crippen molar-refractivity contribution in [3.63, 3.8) is 0 Å². The zero-order valence-corrected chi connectivity index (χ0v) is 14.4. The summed E-state index contributed by atoms with van der Waals surface area (Å²) in [6.45, 7) is 0.603. The Labute approximate surface area is 149 Å². The number of carbonyl (C=O) groups is 2. The highest BCUT2D eigenvalue weighted by Gasteiger charge is 2.48. The lowest BCUT2D eigenvalue weighted by Crippen LogP contribution is -2.47. The van der Waals surface area contributed by atoms with Crippen molar-refractivity contribution in [2.24, 2.45) is 5.92 Å². The second kappa shape index (κ2) is 7.17. The molecule has 0 aromatic heterocycles. The molecule has 2 amide bonds. The second-order valence-corrected chi connectivity index (χ2v) is 6.79. The average molecular weight is 370 g/mol. The van der Waals surface area contributed by atoms with Gasteiger partial charge in [0.05, 0.1) is 0 Å². The molecule has 3 unspecified atom stereocenters. The van der Waals surface area contributed by atoms with Gasteiger partial charge in [0.25, 0.3) is 0 Å². The maximum Gasteiger partial charge on any atom is 0.573 e.